The molecule has 0 radical (unpaired) electrons. The quantitative estimate of drug-likeness (QED) is 0.350. The predicted molar refractivity (Wildman–Crippen MR) is 127 cm³/mol. The first-order valence-electron chi connectivity index (χ1n) is 10.8. The Bertz CT molecular complexity index is 1440. The first-order valence-corrected chi connectivity index (χ1v) is 11.2. The Morgan fingerprint density at radius 1 is 1.18 bits per heavy atom. The minimum Gasteiger partial charge on any atom is -0.484 e. The van der Waals surface area contributed by atoms with Crippen LogP contribution < -0.4 is 10.1 Å². The minimum absolute atomic E-state index is 0.187. The second kappa shape index (κ2) is 9.14. The molecule has 0 fully saturated rings. The van der Waals surface area contributed by atoms with Crippen molar-refractivity contribution in [1.29, 1.82) is 0 Å². The van der Waals surface area contributed by atoms with Gasteiger partial charge in [-0.25, -0.2) is 4.98 Å². The van der Waals surface area contributed by atoms with Crippen LogP contribution in [-0.4, -0.2) is 41.9 Å². The number of aryl methyl sites for hydroxylation is 1. The minimum atomic E-state index is -0.405. The van der Waals surface area contributed by atoms with E-state index in [9.17, 15) is 4.79 Å². The molecule has 0 aliphatic heterocycles. The van der Waals surface area contributed by atoms with E-state index in [4.69, 9.17) is 20.8 Å². The molecule has 10 nitrogen and oxygen atoms in total. The molecule has 174 valence electrons. The molecule has 1 N–H and O–H groups in total. The highest BCUT2D eigenvalue weighted by atomic mass is 35.5. The maximum Gasteiger partial charge on any atom is 0.264 e. The molecule has 1 amide bonds. The molecule has 5 rings (SSSR count). The van der Waals surface area contributed by atoms with Crippen molar-refractivity contribution in [2.45, 2.75) is 26.8 Å². The van der Waals surface area contributed by atoms with Crippen molar-refractivity contribution in [3.8, 4) is 17.3 Å². The highest BCUT2D eigenvalue weighted by Crippen LogP contribution is 2.24. The van der Waals surface area contributed by atoms with E-state index in [1.54, 1.807) is 42.7 Å². The number of benzene rings is 1. The SMILES string of the molecule is CC(C)CCn1cc2c(nc(NC(=O)COc3ccc(Cl)cc3)n3nc(-c4ccco4)nc23)n1. The number of halogens is 1. The molecule has 0 spiro atoms. The number of nitrogens with one attached hydrogen (secondary N) is 1. The number of nitrogens with zero attached hydrogens (tertiary/aromatic N) is 6. The standard InChI is InChI=1S/C23H22ClN7O3/c1-14(2)9-10-30-12-17-20(28-30)27-23(25-19(32)13-34-16-7-5-15(24)6-8-16)31-22(17)26-21(29-31)18-4-3-11-33-18/h3-8,11-12,14H,9-10,13H2,1-2H3,(H,25,27,28,32). The highest BCUT2D eigenvalue weighted by molar-refractivity contribution is 6.30. The van der Waals surface area contributed by atoms with Gasteiger partial charge < -0.3 is 9.15 Å². The lowest BCUT2D eigenvalue weighted by Crippen LogP contribution is -2.22. The lowest BCUT2D eigenvalue weighted by Gasteiger charge is -2.08. The Labute approximate surface area is 199 Å². The molecule has 0 bridgehead atoms. The summed E-state index contributed by atoms with van der Waals surface area (Å²) in [4.78, 5) is 21.8. The predicted octanol–water partition coefficient (Wildman–Crippen LogP) is 4.45. The number of fused-ring (bicyclic) bond motifs is 3. The zero-order valence-corrected chi connectivity index (χ0v) is 19.4. The van der Waals surface area contributed by atoms with Crippen LogP contribution in [0.15, 0.2) is 53.3 Å². The lowest BCUT2D eigenvalue weighted by atomic mass is 10.1. The van der Waals surface area contributed by atoms with Gasteiger partial charge in [0.1, 0.15) is 5.75 Å². The van der Waals surface area contributed by atoms with Crippen LogP contribution in [0.4, 0.5) is 5.95 Å². The van der Waals surface area contributed by atoms with E-state index in [2.05, 4.69) is 39.3 Å². The molecule has 5 aromatic rings. The summed E-state index contributed by atoms with van der Waals surface area (Å²) in [6, 6.07) is 10.3. The number of hydrogen-bond acceptors (Lipinski definition) is 7. The number of anilines is 1. The van der Waals surface area contributed by atoms with Crippen molar-refractivity contribution in [3.05, 3.63) is 53.9 Å². The Morgan fingerprint density at radius 3 is 2.74 bits per heavy atom. The normalized spacial score (nSPS) is 11.5. The number of furan rings is 1. The van der Waals surface area contributed by atoms with Gasteiger partial charge in [-0.1, -0.05) is 25.4 Å². The monoisotopic (exact) mass is 479 g/mol. The summed E-state index contributed by atoms with van der Waals surface area (Å²) in [5, 5.41) is 13.2. The summed E-state index contributed by atoms with van der Waals surface area (Å²) in [7, 11) is 0. The summed E-state index contributed by atoms with van der Waals surface area (Å²) in [5.41, 5.74) is 0.977. The summed E-state index contributed by atoms with van der Waals surface area (Å²) >= 11 is 5.89. The van der Waals surface area contributed by atoms with Crippen LogP contribution in [0, 0.1) is 5.92 Å². The molecule has 0 unspecified atom stereocenters. The second-order valence-corrected chi connectivity index (χ2v) is 8.62. The Hall–Kier alpha value is -3.92. The maximum atomic E-state index is 12.6. The van der Waals surface area contributed by atoms with Gasteiger partial charge in [-0.05, 0) is 48.7 Å². The average Bonchev–Trinajstić information content (AvgIpc) is 3.56. The molecular weight excluding hydrogens is 458 g/mol. The van der Waals surface area contributed by atoms with E-state index in [-0.39, 0.29) is 12.6 Å². The fraction of sp³-hybridized carbons (Fsp3) is 0.261. The zero-order valence-electron chi connectivity index (χ0n) is 18.6. The number of hydrogen-bond donors (Lipinski definition) is 1. The maximum absolute atomic E-state index is 12.6. The number of carbonyl (C=O) groups is 1. The van der Waals surface area contributed by atoms with E-state index < -0.39 is 5.91 Å². The zero-order chi connectivity index (χ0) is 23.7. The number of ether oxygens (including phenoxy) is 1. The molecule has 34 heavy (non-hydrogen) atoms. The Morgan fingerprint density at radius 2 is 2.00 bits per heavy atom. The molecule has 0 saturated heterocycles. The van der Waals surface area contributed by atoms with Crippen LogP contribution in [0.3, 0.4) is 0 Å². The summed E-state index contributed by atoms with van der Waals surface area (Å²) in [6.45, 7) is 4.85. The lowest BCUT2D eigenvalue weighted by molar-refractivity contribution is -0.118. The van der Waals surface area contributed by atoms with E-state index in [1.165, 1.54) is 4.52 Å². The fourth-order valence-electron chi connectivity index (χ4n) is 3.37. The summed E-state index contributed by atoms with van der Waals surface area (Å²) in [5.74, 6) is 1.73. The first-order chi connectivity index (χ1) is 16.5. The van der Waals surface area contributed by atoms with Gasteiger partial charge in [0.15, 0.2) is 23.7 Å². The van der Waals surface area contributed by atoms with E-state index in [1.807, 2.05) is 10.9 Å². The number of aromatic nitrogens is 6. The van der Waals surface area contributed by atoms with Gasteiger partial charge in [0.2, 0.25) is 11.8 Å². The Kier molecular flexibility index (Phi) is 5.89. The van der Waals surface area contributed by atoms with Crippen LogP contribution in [0.25, 0.3) is 28.3 Å². The van der Waals surface area contributed by atoms with Crippen LogP contribution in [-0.2, 0) is 11.3 Å². The second-order valence-electron chi connectivity index (χ2n) is 8.19. The molecule has 0 aliphatic rings. The molecule has 1 aromatic carbocycles. The van der Waals surface area contributed by atoms with Crippen LogP contribution in [0.5, 0.6) is 5.75 Å². The van der Waals surface area contributed by atoms with Crippen LogP contribution >= 0.6 is 11.6 Å². The van der Waals surface area contributed by atoms with Crippen molar-refractivity contribution in [3.63, 3.8) is 0 Å². The first kappa shape index (κ1) is 21.9. The molecular formula is C23H22ClN7O3. The largest absolute Gasteiger partial charge is 0.484 e. The third-order valence-corrected chi connectivity index (χ3v) is 5.37. The smallest absolute Gasteiger partial charge is 0.264 e. The fourth-order valence-corrected chi connectivity index (χ4v) is 3.50. The number of rotatable bonds is 8. The Balaban J connectivity index is 1.47. The summed E-state index contributed by atoms with van der Waals surface area (Å²) < 4.78 is 14.3. The van der Waals surface area contributed by atoms with Gasteiger partial charge in [-0.3, -0.25) is 14.8 Å². The topological polar surface area (TPSA) is 112 Å². The van der Waals surface area contributed by atoms with Crippen LogP contribution in [0.2, 0.25) is 5.02 Å². The molecule has 4 heterocycles. The summed E-state index contributed by atoms with van der Waals surface area (Å²) in [6.07, 6.45) is 4.42. The van der Waals surface area contributed by atoms with Gasteiger partial charge >= 0.3 is 0 Å². The van der Waals surface area contributed by atoms with Gasteiger partial charge in [0.05, 0.1) is 11.6 Å². The van der Waals surface area contributed by atoms with Crippen molar-refractivity contribution in [1.82, 2.24) is 29.4 Å². The molecule has 4 aromatic heterocycles. The van der Waals surface area contributed by atoms with Gasteiger partial charge in [-0.15, -0.1) is 5.10 Å². The van der Waals surface area contributed by atoms with Crippen LogP contribution in [0.1, 0.15) is 20.3 Å². The third-order valence-electron chi connectivity index (χ3n) is 5.11. The van der Waals surface area contributed by atoms with Crippen molar-refractivity contribution < 1.29 is 13.9 Å². The molecule has 0 aliphatic carbocycles. The number of amides is 1. The third kappa shape index (κ3) is 4.58. The van der Waals surface area contributed by atoms with Crippen molar-refractivity contribution in [2.24, 2.45) is 5.92 Å². The molecule has 0 saturated carbocycles. The average molecular weight is 480 g/mol. The van der Waals surface area contributed by atoms with Crippen molar-refractivity contribution >= 4 is 40.1 Å². The van der Waals surface area contributed by atoms with Gasteiger partial charge in [-0.2, -0.15) is 14.6 Å². The number of carbonyl (C=O) groups excluding carboxylic acids is 1. The van der Waals surface area contributed by atoms with Gasteiger partial charge in [0, 0.05) is 17.8 Å². The van der Waals surface area contributed by atoms with Gasteiger partial charge in [0.25, 0.3) is 5.91 Å². The highest BCUT2D eigenvalue weighted by Gasteiger charge is 2.19. The van der Waals surface area contributed by atoms with E-state index >= 15 is 0 Å². The van der Waals surface area contributed by atoms with E-state index in [0.29, 0.717) is 39.6 Å². The van der Waals surface area contributed by atoms with E-state index in [0.717, 1.165) is 18.4 Å². The van der Waals surface area contributed by atoms with Crippen molar-refractivity contribution in [2.75, 3.05) is 11.9 Å². The molecule has 0 atom stereocenters. The molecule has 11 heteroatoms.